The third-order valence-corrected chi connectivity index (χ3v) is 4.50. The Kier molecular flexibility index (Phi) is 4.46. The lowest BCUT2D eigenvalue weighted by molar-refractivity contribution is 0.0986. The molecule has 0 aromatic heterocycles. The van der Waals surface area contributed by atoms with Crippen molar-refractivity contribution in [1.29, 1.82) is 0 Å². The SMILES string of the molecule is Cc1cc(C(=O)N2CCCC(O)c3ccccc32)ccc1CN. The molecule has 4 nitrogen and oxygen atoms in total. The maximum Gasteiger partial charge on any atom is 0.258 e. The number of anilines is 1. The van der Waals surface area contributed by atoms with Crippen LogP contribution in [0.25, 0.3) is 0 Å². The molecule has 120 valence electrons. The van der Waals surface area contributed by atoms with E-state index in [2.05, 4.69) is 0 Å². The monoisotopic (exact) mass is 310 g/mol. The zero-order valence-electron chi connectivity index (χ0n) is 13.3. The summed E-state index contributed by atoms with van der Waals surface area (Å²) in [7, 11) is 0. The van der Waals surface area contributed by atoms with Crippen LogP contribution in [0.4, 0.5) is 5.69 Å². The number of nitrogens with zero attached hydrogens (tertiary/aromatic N) is 1. The minimum Gasteiger partial charge on any atom is -0.388 e. The van der Waals surface area contributed by atoms with Gasteiger partial charge in [-0.2, -0.15) is 0 Å². The summed E-state index contributed by atoms with van der Waals surface area (Å²) in [4.78, 5) is 14.8. The maximum atomic E-state index is 13.0. The topological polar surface area (TPSA) is 66.6 Å². The van der Waals surface area contributed by atoms with Gasteiger partial charge in [0.15, 0.2) is 0 Å². The fourth-order valence-electron chi connectivity index (χ4n) is 3.16. The molecule has 3 rings (SSSR count). The number of para-hydroxylation sites is 1. The van der Waals surface area contributed by atoms with E-state index in [0.717, 1.165) is 28.8 Å². The second-order valence-corrected chi connectivity index (χ2v) is 6.02. The number of nitrogens with two attached hydrogens (primary N) is 1. The highest BCUT2D eigenvalue weighted by Crippen LogP contribution is 2.33. The number of aryl methyl sites for hydroxylation is 1. The zero-order chi connectivity index (χ0) is 16.4. The van der Waals surface area contributed by atoms with Gasteiger partial charge in [-0.15, -0.1) is 0 Å². The molecule has 4 heteroatoms. The van der Waals surface area contributed by atoms with Crippen LogP contribution in [0.2, 0.25) is 0 Å². The van der Waals surface area contributed by atoms with E-state index in [-0.39, 0.29) is 5.91 Å². The summed E-state index contributed by atoms with van der Waals surface area (Å²) in [6.45, 7) is 3.06. The van der Waals surface area contributed by atoms with Gasteiger partial charge in [0.25, 0.3) is 5.91 Å². The van der Waals surface area contributed by atoms with Crippen molar-refractivity contribution in [1.82, 2.24) is 0 Å². The van der Waals surface area contributed by atoms with Gasteiger partial charge >= 0.3 is 0 Å². The number of carbonyl (C=O) groups excluding carboxylic acids is 1. The number of fused-ring (bicyclic) bond motifs is 1. The van der Waals surface area contributed by atoms with Crippen molar-refractivity contribution in [2.24, 2.45) is 5.73 Å². The molecule has 2 aromatic rings. The van der Waals surface area contributed by atoms with Gasteiger partial charge in [-0.25, -0.2) is 0 Å². The van der Waals surface area contributed by atoms with Gasteiger partial charge in [-0.1, -0.05) is 24.3 Å². The minimum atomic E-state index is -0.509. The molecule has 0 bridgehead atoms. The number of hydrogen-bond acceptors (Lipinski definition) is 3. The van der Waals surface area contributed by atoms with Gasteiger partial charge in [-0.05, 0) is 49.1 Å². The molecule has 1 aliphatic heterocycles. The van der Waals surface area contributed by atoms with Crippen molar-refractivity contribution in [2.45, 2.75) is 32.4 Å². The Balaban J connectivity index is 1.99. The molecule has 0 fully saturated rings. The first kappa shape index (κ1) is 15.7. The Bertz CT molecular complexity index is 727. The quantitative estimate of drug-likeness (QED) is 0.896. The molecule has 3 N–H and O–H groups in total. The van der Waals surface area contributed by atoms with Crippen LogP contribution in [0, 0.1) is 6.92 Å². The van der Waals surface area contributed by atoms with Crippen molar-refractivity contribution in [3.63, 3.8) is 0 Å². The van der Waals surface area contributed by atoms with Crippen LogP contribution >= 0.6 is 0 Å². The van der Waals surface area contributed by atoms with Crippen LogP contribution < -0.4 is 10.6 Å². The first-order valence-corrected chi connectivity index (χ1v) is 8.00. The van der Waals surface area contributed by atoms with E-state index < -0.39 is 6.10 Å². The van der Waals surface area contributed by atoms with E-state index in [1.165, 1.54) is 0 Å². The molecule has 0 saturated heterocycles. The summed E-state index contributed by atoms with van der Waals surface area (Å²) in [5.41, 5.74) is 10.1. The molecule has 1 heterocycles. The minimum absolute atomic E-state index is 0.0294. The van der Waals surface area contributed by atoms with Gasteiger partial charge in [0.1, 0.15) is 0 Å². The molecule has 0 radical (unpaired) electrons. The van der Waals surface area contributed by atoms with Gasteiger partial charge in [0.2, 0.25) is 0 Å². The molecule has 0 aliphatic carbocycles. The molecular formula is C19H22N2O2. The third-order valence-electron chi connectivity index (χ3n) is 4.50. The molecule has 0 spiro atoms. The van der Waals surface area contributed by atoms with E-state index in [9.17, 15) is 9.90 Å². The lowest BCUT2D eigenvalue weighted by Crippen LogP contribution is -2.31. The Labute approximate surface area is 136 Å². The first-order chi connectivity index (χ1) is 11.1. The Morgan fingerprint density at radius 3 is 2.83 bits per heavy atom. The third kappa shape index (κ3) is 3.00. The van der Waals surface area contributed by atoms with Crippen molar-refractivity contribution < 1.29 is 9.90 Å². The summed E-state index contributed by atoms with van der Waals surface area (Å²) in [6, 6.07) is 13.3. The largest absolute Gasteiger partial charge is 0.388 e. The van der Waals surface area contributed by atoms with Crippen molar-refractivity contribution in [3.05, 3.63) is 64.7 Å². The number of benzene rings is 2. The number of aliphatic hydroxyl groups is 1. The number of hydrogen-bond donors (Lipinski definition) is 2. The Morgan fingerprint density at radius 1 is 1.30 bits per heavy atom. The number of aliphatic hydroxyl groups excluding tert-OH is 1. The maximum absolute atomic E-state index is 13.0. The van der Waals surface area contributed by atoms with Crippen LogP contribution in [0.1, 0.15) is 46.0 Å². The number of carbonyl (C=O) groups is 1. The van der Waals surface area contributed by atoms with Crippen LogP contribution in [0.5, 0.6) is 0 Å². The lowest BCUT2D eigenvalue weighted by atomic mass is 10.0. The Morgan fingerprint density at radius 2 is 2.09 bits per heavy atom. The van der Waals surface area contributed by atoms with E-state index >= 15 is 0 Å². The smallest absolute Gasteiger partial charge is 0.258 e. The molecule has 1 unspecified atom stereocenters. The first-order valence-electron chi connectivity index (χ1n) is 8.00. The summed E-state index contributed by atoms with van der Waals surface area (Å²) in [5.74, 6) is -0.0294. The molecule has 0 saturated carbocycles. The average Bonchev–Trinajstić information content (AvgIpc) is 2.74. The fraction of sp³-hybridized carbons (Fsp3) is 0.316. The lowest BCUT2D eigenvalue weighted by Gasteiger charge is -2.23. The standard InChI is InChI=1S/C19H22N2O2/c1-13-11-14(8-9-15(13)12-20)19(23)21-10-4-7-18(22)16-5-2-3-6-17(16)21/h2-3,5-6,8-9,11,18,22H,4,7,10,12,20H2,1H3. The fourth-order valence-corrected chi connectivity index (χ4v) is 3.16. The van der Waals surface area contributed by atoms with E-state index in [1.807, 2.05) is 49.4 Å². The number of amides is 1. The van der Waals surface area contributed by atoms with Crippen molar-refractivity contribution >= 4 is 11.6 Å². The summed E-state index contributed by atoms with van der Waals surface area (Å²) >= 11 is 0. The normalized spacial score (nSPS) is 17.5. The van der Waals surface area contributed by atoms with Gasteiger partial charge in [0.05, 0.1) is 6.10 Å². The van der Waals surface area contributed by atoms with E-state index in [0.29, 0.717) is 25.1 Å². The molecule has 2 aromatic carbocycles. The van der Waals surface area contributed by atoms with Crippen LogP contribution in [0.15, 0.2) is 42.5 Å². The molecule has 1 atom stereocenters. The predicted molar refractivity (Wildman–Crippen MR) is 91.4 cm³/mol. The highest BCUT2D eigenvalue weighted by molar-refractivity contribution is 6.06. The van der Waals surface area contributed by atoms with Crippen LogP contribution in [-0.4, -0.2) is 17.6 Å². The zero-order valence-corrected chi connectivity index (χ0v) is 13.3. The van der Waals surface area contributed by atoms with E-state index in [1.54, 1.807) is 4.90 Å². The summed E-state index contributed by atoms with van der Waals surface area (Å²) in [6.07, 6.45) is 0.943. The average molecular weight is 310 g/mol. The highest BCUT2D eigenvalue weighted by atomic mass is 16.3. The second kappa shape index (κ2) is 6.52. The Hall–Kier alpha value is -2.17. The molecule has 23 heavy (non-hydrogen) atoms. The predicted octanol–water partition coefficient (Wildman–Crippen LogP) is 2.93. The van der Waals surface area contributed by atoms with Crippen LogP contribution in [-0.2, 0) is 6.54 Å². The summed E-state index contributed by atoms with van der Waals surface area (Å²) in [5, 5.41) is 10.3. The molecule has 1 amide bonds. The highest BCUT2D eigenvalue weighted by Gasteiger charge is 2.25. The van der Waals surface area contributed by atoms with Crippen LogP contribution in [0.3, 0.4) is 0 Å². The molecular weight excluding hydrogens is 288 g/mol. The van der Waals surface area contributed by atoms with Gasteiger partial charge in [0, 0.05) is 29.9 Å². The van der Waals surface area contributed by atoms with Crippen molar-refractivity contribution in [3.8, 4) is 0 Å². The summed E-state index contributed by atoms with van der Waals surface area (Å²) < 4.78 is 0. The van der Waals surface area contributed by atoms with Gasteiger partial charge < -0.3 is 15.7 Å². The van der Waals surface area contributed by atoms with Gasteiger partial charge in [-0.3, -0.25) is 4.79 Å². The second-order valence-electron chi connectivity index (χ2n) is 6.02. The van der Waals surface area contributed by atoms with Crippen molar-refractivity contribution in [2.75, 3.05) is 11.4 Å². The van der Waals surface area contributed by atoms with E-state index in [4.69, 9.17) is 5.73 Å². The molecule has 1 aliphatic rings. The number of rotatable bonds is 2.